The molecular weight excluding hydrogens is 276 g/mol. The van der Waals surface area contributed by atoms with Gasteiger partial charge >= 0.3 is 6.18 Å². The van der Waals surface area contributed by atoms with Crippen LogP contribution in [0.2, 0.25) is 10.0 Å². The quantitative estimate of drug-likeness (QED) is 0.878. The SMILES string of the molecule is OC(CCC(F)(F)F)Cc1cccc(Cl)c1Cl. The van der Waals surface area contributed by atoms with E-state index in [0.29, 0.717) is 10.6 Å². The van der Waals surface area contributed by atoms with Gasteiger partial charge in [0, 0.05) is 6.42 Å². The zero-order valence-electron chi connectivity index (χ0n) is 8.77. The van der Waals surface area contributed by atoms with Gasteiger partial charge < -0.3 is 5.11 Å². The summed E-state index contributed by atoms with van der Waals surface area (Å²) in [7, 11) is 0. The van der Waals surface area contributed by atoms with Crippen LogP contribution in [0.15, 0.2) is 18.2 Å². The molecule has 6 heteroatoms. The maximum atomic E-state index is 11.9. The molecule has 1 unspecified atom stereocenters. The van der Waals surface area contributed by atoms with Crippen LogP contribution in [0.5, 0.6) is 0 Å². The molecule has 0 amide bonds. The average Bonchev–Trinajstić information content (AvgIpc) is 2.21. The van der Waals surface area contributed by atoms with E-state index in [1.165, 1.54) is 0 Å². The van der Waals surface area contributed by atoms with Crippen LogP contribution in [0, 0.1) is 0 Å². The molecule has 0 fully saturated rings. The van der Waals surface area contributed by atoms with Crippen molar-refractivity contribution >= 4 is 23.2 Å². The number of halogens is 5. The molecule has 0 saturated heterocycles. The smallest absolute Gasteiger partial charge is 0.389 e. The summed E-state index contributed by atoms with van der Waals surface area (Å²) in [6, 6.07) is 4.85. The molecule has 0 aliphatic carbocycles. The molecule has 0 radical (unpaired) electrons. The van der Waals surface area contributed by atoms with E-state index >= 15 is 0 Å². The van der Waals surface area contributed by atoms with Crippen molar-refractivity contribution in [2.24, 2.45) is 0 Å². The van der Waals surface area contributed by atoms with Gasteiger partial charge in [-0.1, -0.05) is 35.3 Å². The van der Waals surface area contributed by atoms with Crippen molar-refractivity contribution in [3.05, 3.63) is 33.8 Å². The van der Waals surface area contributed by atoms with Crippen LogP contribution in [0.25, 0.3) is 0 Å². The third-order valence-corrected chi connectivity index (χ3v) is 3.11. The first-order valence-electron chi connectivity index (χ1n) is 4.97. The van der Waals surface area contributed by atoms with Crippen molar-refractivity contribution in [3.8, 4) is 0 Å². The minimum atomic E-state index is -4.25. The fraction of sp³-hybridized carbons (Fsp3) is 0.455. The number of rotatable bonds is 4. The van der Waals surface area contributed by atoms with Crippen molar-refractivity contribution in [2.45, 2.75) is 31.5 Å². The van der Waals surface area contributed by atoms with Crippen LogP contribution in [0.1, 0.15) is 18.4 Å². The minimum Gasteiger partial charge on any atom is -0.393 e. The van der Waals surface area contributed by atoms with Gasteiger partial charge in [-0.05, 0) is 24.5 Å². The van der Waals surface area contributed by atoms with E-state index in [4.69, 9.17) is 23.2 Å². The summed E-state index contributed by atoms with van der Waals surface area (Å²) in [6.07, 6.45) is -6.61. The lowest BCUT2D eigenvalue weighted by atomic mass is 10.0. The van der Waals surface area contributed by atoms with Crippen LogP contribution in [-0.2, 0) is 6.42 Å². The van der Waals surface area contributed by atoms with E-state index < -0.39 is 18.7 Å². The van der Waals surface area contributed by atoms with Gasteiger partial charge in [0.2, 0.25) is 0 Å². The van der Waals surface area contributed by atoms with Gasteiger partial charge in [0.1, 0.15) is 0 Å². The monoisotopic (exact) mass is 286 g/mol. The Labute approximate surface area is 107 Å². The van der Waals surface area contributed by atoms with Gasteiger partial charge in [-0.15, -0.1) is 0 Å². The van der Waals surface area contributed by atoms with Gasteiger partial charge in [-0.25, -0.2) is 0 Å². The van der Waals surface area contributed by atoms with Crippen molar-refractivity contribution in [1.82, 2.24) is 0 Å². The third kappa shape index (κ3) is 5.15. The topological polar surface area (TPSA) is 20.2 Å². The van der Waals surface area contributed by atoms with E-state index in [0.717, 1.165) is 0 Å². The number of benzene rings is 1. The molecule has 0 saturated carbocycles. The summed E-state index contributed by atoms with van der Waals surface area (Å²) >= 11 is 11.6. The molecule has 96 valence electrons. The highest BCUT2D eigenvalue weighted by Crippen LogP contribution is 2.28. The molecule has 0 aromatic heterocycles. The number of hydrogen-bond donors (Lipinski definition) is 1. The number of aliphatic hydroxyl groups is 1. The Kier molecular flexibility index (Phi) is 5.10. The average molecular weight is 287 g/mol. The summed E-state index contributed by atoms with van der Waals surface area (Å²) in [5.41, 5.74) is 0.550. The van der Waals surface area contributed by atoms with E-state index in [1.807, 2.05) is 0 Å². The summed E-state index contributed by atoms with van der Waals surface area (Å²) < 4.78 is 35.8. The summed E-state index contributed by atoms with van der Waals surface area (Å²) in [4.78, 5) is 0. The number of aliphatic hydroxyl groups excluding tert-OH is 1. The molecular formula is C11H11Cl2F3O. The van der Waals surface area contributed by atoms with Gasteiger partial charge in [-0.3, -0.25) is 0 Å². The Morgan fingerprint density at radius 2 is 1.88 bits per heavy atom. The fourth-order valence-corrected chi connectivity index (χ4v) is 1.79. The van der Waals surface area contributed by atoms with Crippen molar-refractivity contribution in [2.75, 3.05) is 0 Å². The second kappa shape index (κ2) is 5.94. The first kappa shape index (κ1) is 14.6. The predicted molar refractivity (Wildman–Crippen MR) is 61.5 cm³/mol. The molecule has 0 bridgehead atoms. The molecule has 1 aromatic carbocycles. The normalized spacial score (nSPS) is 13.8. The zero-order chi connectivity index (χ0) is 13.1. The zero-order valence-corrected chi connectivity index (χ0v) is 10.3. The minimum absolute atomic E-state index is 0.0650. The highest BCUT2D eigenvalue weighted by atomic mass is 35.5. The lowest BCUT2D eigenvalue weighted by molar-refractivity contribution is -0.139. The highest BCUT2D eigenvalue weighted by Gasteiger charge is 2.28. The molecule has 0 aliphatic rings. The predicted octanol–water partition coefficient (Wildman–Crippen LogP) is 4.24. The molecule has 0 spiro atoms. The van der Waals surface area contributed by atoms with Gasteiger partial charge in [0.05, 0.1) is 16.1 Å². The molecule has 1 aromatic rings. The Morgan fingerprint density at radius 1 is 1.24 bits per heavy atom. The standard InChI is InChI=1S/C11H11Cl2F3O/c12-9-3-1-2-7(10(9)13)6-8(17)4-5-11(14,15)16/h1-3,8,17H,4-6H2. The van der Waals surface area contributed by atoms with Gasteiger partial charge in [0.15, 0.2) is 0 Å². The second-order valence-corrected chi connectivity index (χ2v) is 4.51. The molecule has 0 heterocycles. The fourth-order valence-electron chi connectivity index (χ4n) is 1.39. The molecule has 17 heavy (non-hydrogen) atoms. The molecule has 1 atom stereocenters. The molecule has 0 aliphatic heterocycles. The lowest BCUT2D eigenvalue weighted by Crippen LogP contribution is -2.16. The first-order chi connectivity index (χ1) is 7.79. The largest absolute Gasteiger partial charge is 0.393 e. The molecule has 1 rings (SSSR count). The van der Waals surface area contributed by atoms with Gasteiger partial charge in [-0.2, -0.15) is 13.2 Å². The van der Waals surface area contributed by atoms with Crippen LogP contribution in [0.3, 0.4) is 0 Å². The van der Waals surface area contributed by atoms with Crippen LogP contribution in [-0.4, -0.2) is 17.4 Å². The van der Waals surface area contributed by atoms with Crippen LogP contribution in [0.4, 0.5) is 13.2 Å². The Balaban J connectivity index is 2.56. The maximum Gasteiger partial charge on any atom is 0.389 e. The summed E-state index contributed by atoms with van der Waals surface area (Å²) in [5, 5.41) is 10.1. The van der Waals surface area contributed by atoms with Crippen molar-refractivity contribution in [1.29, 1.82) is 0 Å². The first-order valence-corrected chi connectivity index (χ1v) is 5.73. The summed E-state index contributed by atoms with van der Waals surface area (Å²) in [5.74, 6) is 0. The van der Waals surface area contributed by atoms with Crippen molar-refractivity contribution < 1.29 is 18.3 Å². The number of alkyl halides is 3. The lowest BCUT2D eigenvalue weighted by Gasteiger charge is -2.13. The Morgan fingerprint density at radius 3 is 2.47 bits per heavy atom. The van der Waals surface area contributed by atoms with E-state index in [2.05, 4.69) is 0 Å². The Hall–Kier alpha value is -0.450. The highest BCUT2D eigenvalue weighted by molar-refractivity contribution is 6.42. The molecule has 1 N–H and O–H groups in total. The third-order valence-electron chi connectivity index (χ3n) is 2.25. The Bertz CT molecular complexity index is 379. The van der Waals surface area contributed by atoms with E-state index in [-0.39, 0.29) is 17.9 Å². The van der Waals surface area contributed by atoms with Crippen molar-refractivity contribution in [3.63, 3.8) is 0 Å². The van der Waals surface area contributed by atoms with Crippen LogP contribution >= 0.6 is 23.2 Å². The second-order valence-electron chi connectivity index (χ2n) is 3.72. The van der Waals surface area contributed by atoms with Crippen LogP contribution < -0.4 is 0 Å². The molecule has 1 nitrogen and oxygen atoms in total. The maximum absolute atomic E-state index is 11.9. The van der Waals surface area contributed by atoms with Gasteiger partial charge in [0.25, 0.3) is 0 Å². The van der Waals surface area contributed by atoms with E-state index in [1.54, 1.807) is 18.2 Å². The summed E-state index contributed by atoms with van der Waals surface area (Å²) in [6.45, 7) is 0. The van der Waals surface area contributed by atoms with E-state index in [9.17, 15) is 18.3 Å². The number of hydrogen-bond acceptors (Lipinski definition) is 1.